The van der Waals surface area contributed by atoms with Crippen LogP contribution in [0.1, 0.15) is 41.5 Å². The second-order valence-corrected chi connectivity index (χ2v) is 4.27. The maximum atomic E-state index is 11.3. The van der Waals surface area contributed by atoms with Crippen LogP contribution >= 0.6 is 0 Å². The molecule has 1 fully saturated rings. The number of carbonyl (C=O) groups excluding carboxylic acids is 1. The van der Waals surface area contributed by atoms with Crippen molar-refractivity contribution in [1.82, 2.24) is 9.38 Å². The number of imidazole rings is 1. The fourth-order valence-corrected chi connectivity index (χ4v) is 2.20. The molecule has 16 heavy (non-hydrogen) atoms. The summed E-state index contributed by atoms with van der Waals surface area (Å²) in [7, 11) is 0. The van der Waals surface area contributed by atoms with Crippen LogP contribution in [0.15, 0.2) is 24.4 Å². The van der Waals surface area contributed by atoms with Gasteiger partial charge in [-0.3, -0.25) is 4.79 Å². The molecule has 2 aromatic heterocycles. The van der Waals surface area contributed by atoms with Crippen LogP contribution in [0.25, 0.3) is 5.52 Å². The lowest BCUT2D eigenvalue weighted by Crippen LogP contribution is -2.14. The number of hydrogen-bond donors (Lipinski definition) is 1. The van der Waals surface area contributed by atoms with E-state index in [2.05, 4.69) is 4.98 Å². The Kier molecular flexibility index (Phi) is 1.96. The highest BCUT2D eigenvalue weighted by molar-refractivity contribution is 5.97. The summed E-state index contributed by atoms with van der Waals surface area (Å²) in [5.74, 6) is 1.02. The number of amides is 1. The van der Waals surface area contributed by atoms with Crippen molar-refractivity contribution in [1.29, 1.82) is 0 Å². The van der Waals surface area contributed by atoms with Gasteiger partial charge in [-0.25, -0.2) is 4.98 Å². The zero-order chi connectivity index (χ0) is 11.1. The Balaban J connectivity index is 2.24. The summed E-state index contributed by atoms with van der Waals surface area (Å²) in [5.41, 5.74) is 6.55. The molecule has 0 unspecified atom stereocenters. The maximum Gasteiger partial charge on any atom is 0.269 e. The Bertz CT molecular complexity index is 554. The summed E-state index contributed by atoms with van der Waals surface area (Å²) in [6, 6.07) is 5.73. The second-order valence-electron chi connectivity index (χ2n) is 4.27. The van der Waals surface area contributed by atoms with Gasteiger partial charge in [0.2, 0.25) is 0 Å². The van der Waals surface area contributed by atoms with Gasteiger partial charge in [-0.05, 0) is 25.0 Å². The van der Waals surface area contributed by atoms with E-state index < -0.39 is 5.91 Å². The van der Waals surface area contributed by atoms with Gasteiger partial charge in [0, 0.05) is 12.1 Å². The zero-order valence-electron chi connectivity index (χ0n) is 8.89. The Hall–Kier alpha value is -1.84. The normalized spacial score (nSPS) is 16.2. The highest BCUT2D eigenvalue weighted by Crippen LogP contribution is 2.36. The lowest BCUT2D eigenvalue weighted by Gasteiger charge is -2.23. The molecule has 4 nitrogen and oxygen atoms in total. The molecule has 0 radical (unpaired) electrons. The molecule has 2 heterocycles. The number of nitrogens with zero attached hydrogens (tertiary/aromatic N) is 2. The molecular weight excluding hydrogens is 202 g/mol. The number of carbonyl (C=O) groups is 1. The second kappa shape index (κ2) is 3.33. The van der Waals surface area contributed by atoms with E-state index in [0.29, 0.717) is 11.6 Å². The monoisotopic (exact) mass is 215 g/mol. The molecule has 1 aliphatic carbocycles. The fraction of sp³-hybridized carbons (Fsp3) is 0.333. The molecule has 0 spiro atoms. The number of fused-ring (bicyclic) bond motifs is 1. The Morgan fingerprint density at radius 1 is 1.44 bits per heavy atom. The molecule has 1 amide bonds. The standard InChI is InChI=1S/C12H13N3O/c13-11(16)10-9-6-1-2-7-15(9)12(14-10)8-4-3-5-8/h1-2,6-8H,3-5H2,(H2,13,16). The van der Waals surface area contributed by atoms with Crippen LogP contribution in [0.4, 0.5) is 0 Å². The van der Waals surface area contributed by atoms with Crippen LogP contribution in [0.5, 0.6) is 0 Å². The van der Waals surface area contributed by atoms with E-state index in [1.807, 2.05) is 28.8 Å². The van der Waals surface area contributed by atoms with Gasteiger partial charge in [0.1, 0.15) is 5.82 Å². The number of aromatic nitrogens is 2. The van der Waals surface area contributed by atoms with Crippen molar-refractivity contribution in [2.75, 3.05) is 0 Å². The highest BCUT2D eigenvalue weighted by atomic mass is 16.1. The summed E-state index contributed by atoms with van der Waals surface area (Å²) >= 11 is 0. The molecular formula is C12H13N3O. The highest BCUT2D eigenvalue weighted by Gasteiger charge is 2.26. The SMILES string of the molecule is NC(=O)c1nc(C2CCC2)n2ccccc12. The summed E-state index contributed by atoms with van der Waals surface area (Å²) < 4.78 is 1.99. The Labute approximate surface area is 93.1 Å². The van der Waals surface area contributed by atoms with Crippen LogP contribution in [0.3, 0.4) is 0 Å². The third-order valence-corrected chi connectivity index (χ3v) is 3.28. The van der Waals surface area contributed by atoms with E-state index >= 15 is 0 Å². The van der Waals surface area contributed by atoms with Crippen molar-refractivity contribution in [2.24, 2.45) is 5.73 Å². The molecule has 0 bridgehead atoms. The maximum absolute atomic E-state index is 11.3. The third kappa shape index (κ3) is 1.23. The summed E-state index contributed by atoms with van der Waals surface area (Å²) in [6.45, 7) is 0. The molecule has 1 saturated carbocycles. The number of hydrogen-bond acceptors (Lipinski definition) is 2. The van der Waals surface area contributed by atoms with E-state index in [0.717, 1.165) is 24.2 Å². The van der Waals surface area contributed by atoms with Crippen molar-refractivity contribution in [3.63, 3.8) is 0 Å². The lowest BCUT2D eigenvalue weighted by molar-refractivity contribution is 0.0997. The summed E-state index contributed by atoms with van der Waals surface area (Å²) in [4.78, 5) is 15.7. The number of rotatable bonds is 2. The minimum absolute atomic E-state index is 0.391. The number of pyridine rings is 1. The van der Waals surface area contributed by atoms with Gasteiger partial charge < -0.3 is 10.1 Å². The molecule has 0 saturated heterocycles. The van der Waals surface area contributed by atoms with Crippen LogP contribution in [0, 0.1) is 0 Å². The van der Waals surface area contributed by atoms with Gasteiger partial charge in [0.25, 0.3) is 5.91 Å². The molecule has 0 atom stereocenters. The van der Waals surface area contributed by atoms with E-state index in [4.69, 9.17) is 5.73 Å². The average Bonchev–Trinajstić information content (AvgIpc) is 2.56. The zero-order valence-corrected chi connectivity index (χ0v) is 8.89. The van der Waals surface area contributed by atoms with E-state index in [1.165, 1.54) is 6.42 Å². The van der Waals surface area contributed by atoms with Gasteiger partial charge in [0.15, 0.2) is 5.69 Å². The molecule has 0 aromatic carbocycles. The van der Waals surface area contributed by atoms with E-state index in [9.17, 15) is 4.79 Å². The van der Waals surface area contributed by atoms with E-state index in [-0.39, 0.29) is 0 Å². The first-order chi connectivity index (χ1) is 7.77. The smallest absolute Gasteiger partial charge is 0.269 e. The van der Waals surface area contributed by atoms with Crippen molar-refractivity contribution in [2.45, 2.75) is 25.2 Å². The molecule has 3 rings (SSSR count). The molecule has 82 valence electrons. The van der Waals surface area contributed by atoms with Crippen LogP contribution in [0.2, 0.25) is 0 Å². The van der Waals surface area contributed by atoms with Crippen molar-refractivity contribution >= 4 is 11.4 Å². The molecule has 2 aromatic rings. The molecule has 4 heteroatoms. The van der Waals surface area contributed by atoms with Crippen molar-refractivity contribution in [3.8, 4) is 0 Å². The largest absolute Gasteiger partial charge is 0.364 e. The van der Waals surface area contributed by atoms with Crippen LogP contribution in [-0.4, -0.2) is 15.3 Å². The fourth-order valence-electron chi connectivity index (χ4n) is 2.20. The third-order valence-electron chi connectivity index (χ3n) is 3.28. The average molecular weight is 215 g/mol. The first-order valence-electron chi connectivity index (χ1n) is 5.54. The predicted octanol–water partition coefficient (Wildman–Crippen LogP) is 1.70. The van der Waals surface area contributed by atoms with Crippen molar-refractivity contribution in [3.05, 3.63) is 35.9 Å². The quantitative estimate of drug-likeness (QED) is 0.828. The molecule has 1 aliphatic rings. The number of nitrogens with two attached hydrogens (primary N) is 1. The Morgan fingerprint density at radius 2 is 2.25 bits per heavy atom. The topological polar surface area (TPSA) is 60.4 Å². The van der Waals surface area contributed by atoms with Gasteiger partial charge >= 0.3 is 0 Å². The minimum atomic E-state index is -0.450. The summed E-state index contributed by atoms with van der Waals surface area (Å²) in [5, 5.41) is 0. The van der Waals surface area contributed by atoms with Gasteiger partial charge in [-0.1, -0.05) is 12.5 Å². The molecule has 2 N–H and O–H groups in total. The first kappa shape index (κ1) is 9.39. The van der Waals surface area contributed by atoms with E-state index in [1.54, 1.807) is 0 Å². The Morgan fingerprint density at radius 3 is 2.88 bits per heavy atom. The predicted molar refractivity (Wildman–Crippen MR) is 60.3 cm³/mol. The van der Waals surface area contributed by atoms with Gasteiger partial charge in [-0.2, -0.15) is 0 Å². The van der Waals surface area contributed by atoms with Gasteiger partial charge in [-0.15, -0.1) is 0 Å². The van der Waals surface area contributed by atoms with Crippen LogP contribution < -0.4 is 5.73 Å². The molecule has 0 aliphatic heterocycles. The van der Waals surface area contributed by atoms with Crippen LogP contribution in [-0.2, 0) is 0 Å². The van der Waals surface area contributed by atoms with Gasteiger partial charge in [0.05, 0.1) is 5.52 Å². The number of primary amides is 1. The lowest BCUT2D eigenvalue weighted by atomic mass is 9.85. The summed E-state index contributed by atoms with van der Waals surface area (Å²) in [6.07, 6.45) is 5.51. The minimum Gasteiger partial charge on any atom is -0.364 e. The van der Waals surface area contributed by atoms with Crippen molar-refractivity contribution < 1.29 is 4.79 Å². The first-order valence-corrected chi connectivity index (χ1v) is 5.54.